The van der Waals surface area contributed by atoms with Crippen molar-refractivity contribution < 1.29 is 48.3 Å². The summed E-state index contributed by atoms with van der Waals surface area (Å²) in [7, 11) is 6.70. The SMILES string of the molecule is CCN1C[C@]2(COC(=O)c3ccccc3N3C(=O)CC(C)C3=O)CC[C@H](OC)[C@@]34C5C[C@@H]6C(OC)C[C@@](O)(C5[C@H]6OC)[C@](O)([C@@H](OC)[C@H]23)[C@@H]14. The van der Waals surface area contributed by atoms with E-state index >= 15 is 0 Å². The minimum absolute atomic E-state index is 0.0358. The van der Waals surface area contributed by atoms with Gasteiger partial charge in [0, 0.05) is 82.3 Å². The number of para-hydroxylation sites is 1. The van der Waals surface area contributed by atoms with Gasteiger partial charge in [0.15, 0.2) is 0 Å². The van der Waals surface area contributed by atoms with Crippen molar-refractivity contribution in [3.63, 3.8) is 0 Å². The predicted molar refractivity (Wildman–Crippen MR) is 174 cm³/mol. The first-order valence-electron chi connectivity index (χ1n) is 17.9. The molecule has 2 aliphatic heterocycles. The summed E-state index contributed by atoms with van der Waals surface area (Å²) in [6.07, 6.45) is 0.813. The number of hydrogen-bond acceptors (Lipinski definition) is 11. The summed E-state index contributed by atoms with van der Waals surface area (Å²) < 4.78 is 31.4. The number of esters is 1. The number of imide groups is 1. The second-order valence-electron chi connectivity index (χ2n) is 16.0. The number of piperidine rings is 1. The Labute approximate surface area is 287 Å². The van der Waals surface area contributed by atoms with Crippen molar-refractivity contribution in [1.29, 1.82) is 0 Å². The van der Waals surface area contributed by atoms with Crippen LogP contribution in [0.5, 0.6) is 0 Å². The summed E-state index contributed by atoms with van der Waals surface area (Å²) in [5, 5.41) is 26.6. The van der Waals surface area contributed by atoms with Gasteiger partial charge in [-0.2, -0.15) is 0 Å². The fraction of sp³-hybridized carbons (Fsp3) is 0.757. The monoisotopic (exact) mass is 682 g/mol. The van der Waals surface area contributed by atoms with Crippen LogP contribution in [0.3, 0.4) is 0 Å². The van der Waals surface area contributed by atoms with E-state index in [1.54, 1.807) is 59.6 Å². The van der Waals surface area contributed by atoms with E-state index in [1.807, 2.05) is 0 Å². The highest BCUT2D eigenvalue weighted by Gasteiger charge is 2.91. The number of amides is 2. The van der Waals surface area contributed by atoms with E-state index in [-0.39, 0.29) is 84.5 Å². The Morgan fingerprint density at radius 1 is 1.04 bits per heavy atom. The molecule has 12 nitrogen and oxygen atoms in total. The number of fused-ring (bicyclic) bond motifs is 2. The number of rotatable bonds is 9. The van der Waals surface area contributed by atoms with Crippen LogP contribution in [0.15, 0.2) is 24.3 Å². The molecule has 8 rings (SSSR count). The summed E-state index contributed by atoms with van der Waals surface area (Å²) in [4.78, 5) is 43.3. The highest BCUT2D eigenvalue weighted by molar-refractivity contribution is 6.22. The van der Waals surface area contributed by atoms with Gasteiger partial charge in [0.2, 0.25) is 11.8 Å². The second kappa shape index (κ2) is 11.3. The van der Waals surface area contributed by atoms with Gasteiger partial charge in [0.25, 0.3) is 0 Å². The zero-order valence-corrected chi connectivity index (χ0v) is 29.3. The first kappa shape index (κ1) is 33.7. The minimum atomic E-state index is -1.70. The molecule has 0 aromatic heterocycles. The fourth-order valence-corrected chi connectivity index (χ4v) is 13.2. The maximum absolute atomic E-state index is 14.1. The average Bonchev–Trinajstić information content (AvgIpc) is 3.63. The van der Waals surface area contributed by atoms with Crippen LogP contribution in [-0.2, 0) is 33.3 Å². The molecule has 7 bridgehead atoms. The molecular formula is C37H50N2O10. The summed E-state index contributed by atoms with van der Waals surface area (Å²) in [5.74, 6) is -2.47. The molecule has 12 heteroatoms. The van der Waals surface area contributed by atoms with Crippen molar-refractivity contribution in [1.82, 2.24) is 4.90 Å². The van der Waals surface area contributed by atoms with Crippen LogP contribution < -0.4 is 4.90 Å². The lowest BCUT2D eigenvalue weighted by atomic mass is 9.42. The zero-order valence-electron chi connectivity index (χ0n) is 29.3. The van der Waals surface area contributed by atoms with Gasteiger partial charge in [-0.15, -0.1) is 0 Å². The normalized spacial score (nSPS) is 48.0. The van der Waals surface area contributed by atoms with Crippen LogP contribution >= 0.6 is 0 Å². The number of anilines is 1. The third-order valence-corrected chi connectivity index (χ3v) is 14.5. The number of benzene rings is 1. The zero-order chi connectivity index (χ0) is 34.8. The lowest BCUT2D eigenvalue weighted by molar-refractivity contribution is -0.320. The van der Waals surface area contributed by atoms with Crippen molar-refractivity contribution in [2.24, 2.45) is 40.4 Å². The van der Waals surface area contributed by atoms with Gasteiger partial charge in [0.1, 0.15) is 11.2 Å². The lowest BCUT2D eigenvalue weighted by Crippen LogP contribution is -2.82. The topological polar surface area (TPSA) is 144 Å². The van der Waals surface area contributed by atoms with E-state index in [0.717, 1.165) is 11.3 Å². The highest BCUT2D eigenvalue weighted by atomic mass is 16.5. The van der Waals surface area contributed by atoms with E-state index in [0.29, 0.717) is 25.9 Å². The molecule has 1 aromatic carbocycles. The summed E-state index contributed by atoms with van der Waals surface area (Å²) in [6.45, 7) is 4.95. The molecule has 5 saturated carbocycles. The molecule has 4 unspecified atom stereocenters. The number of ether oxygens (including phenoxy) is 5. The van der Waals surface area contributed by atoms with E-state index in [1.165, 1.54) is 0 Å². The van der Waals surface area contributed by atoms with Gasteiger partial charge < -0.3 is 33.9 Å². The van der Waals surface area contributed by atoms with E-state index in [4.69, 9.17) is 23.7 Å². The van der Waals surface area contributed by atoms with Crippen molar-refractivity contribution in [2.75, 3.05) is 53.0 Å². The number of carbonyl (C=O) groups is 3. The first-order chi connectivity index (χ1) is 23.4. The molecule has 2 amide bonds. The Balaban J connectivity index is 1.23. The lowest BCUT2D eigenvalue weighted by Gasteiger charge is -2.70. The largest absolute Gasteiger partial charge is 0.461 e. The van der Waals surface area contributed by atoms with Crippen LogP contribution in [0.4, 0.5) is 5.69 Å². The summed E-state index contributed by atoms with van der Waals surface area (Å²) in [5.41, 5.74) is -4.17. The van der Waals surface area contributed by atoms with Crippen LogP contribution in [0.1, 0.15) is 56.3 Å². The molecule has 2 heterocycles. The molecule has 0 radical (unpaired) electrons. The Kier molecular flexibility index (Phi) is 7.75. The van der Waals surface area contributed by atoms with Gasteiger partial charge in [-0.25, -0.2) is 9.69 Å². The average molecular weight is 683 g/mol. The third kappa shape index (κ3) is 3.86. The number of methoxy groups -OCH3 is 4. The van der Waals surface area contributed by atoms with E-state index in [2.05, 4.69) is 11.8 Å². The van der Waals surface area contributed by atoms with Gasteiger partial charge in [-0.3, -0.25) is 14.5 Å². The molecule has 2 N–H and O–H groups in total. The smallest absolute Gasteiger partial charge is 0.340 e. The Morgan fingerprint density at radius 2 is 1.80 bits per heavy atom. The number of aliphatic hydroxyl groups is 2. The Morgan fingerprint density at radius 3 is 2.43 bits per heavy atom. The quantitative estimate of drug-likeness (QED) is 0.292. The Hall–Kier alpha value is -2.45. The van der Waals surface area contributed by atoms with Gasteiger partial charge >= 0.3 is 5.97 Å². The number of likely N-dealkylation sites (tertiary alicyclic amines) is 1. The van der Waals surface area contributed by atoms with Crippen LogP contribution in [0.2, 0.25) is 0 Å². The summed E-state index contributed by atoms with van der Waals surface area (Å²) >= 11 is 0. The molecule has 1 aromatic rings. The van der Waals surface area contributed by atoms with Crippen LogP contribution in [0, 0.1) is 40.4 Å². The first-order valence-corrected chi connectivity index (χ1v) is 17.9. The minimum Gasteiger partial charge on any atom is -0.461 e. The standard InChI is InChI=1S/C37H50N2O10/c1-7-38-17-34(18-49-32(42)20-10-8-9-11-23(20)39-26(40)14-19(2)31(39)41)13-12-25(46-4)36-22-15-21-24(45-3)16-35(43,27(22)28(21)47-5)37(44,33(36)38)30(48-6)29(34)36/h8-11,19,21-22,24-25,27-30,33,43-44H,7,12-18H2,1-6H3/t19?,21-,22?,24?,25+,27?,28+,29-,30+,33+,34+,35-,36+,37+/m1/s1. The van der Waals surface area contributed by atoms with Gasteiger partial charge in [-0.05, 0) is 43.9 Å². The number of nitrogens with zero attached hydrogens (tertiary/aromatic N) is 2. The fourth-order valence-electron chi connectivity index (χ4n) is 13.2. The second-order valence-corrected chi connectivity index (χ2v) is 16.0. The molecule has 49 heavy (non-hydrogen) atoms. The summed E-state index contributed by atoms with van der Waals surface area (Å²) in [6, 6.07) is 6.12. The maximum Gasteiger partial charge on any atom is 0.340 e. The van der Waals surface area contributed by atoms with Gasteiger partial charge in [-0.1, -0.05) is 26.0 Å². The molecule has 14 atom stereocenters. The molecular weight excluding hydrogens is 632 g/mol. The maximum atomic E-state index is 14.1. The van der Waals surface area contributed by atoms with Gasteiger partial charge in [0.05, 0.1) is 48.3 Å². The van der Waals surface area contributed by atoms with Crippen molar-refractivity contribution >= 4 is 23.5 Å². The van der Waals surface area contributed by atoms with Crippen molar-refractivity contribution in [2.45, 2.75) is 87.6 Å². The van der Waals surface area contributed by atoms with E-state index < -0.39 is 46.1 Å². The molecule has 5 aliphatic carbocycles. The molecule has 7 aliphatic rings. The number of likely N-dealkylation sites (N-methyl/N-ethyl adjacent to an activating group) is 1. The van der Waals surface area contributed by atoms with Crippen molar-refractivity contribution in [3.8, 4) is 0 Å². The van der Waals surface area contributed by atoms with Crippen LogP contribution in [-0.4, -0.2) is 123 Å². The molecule has 1 spiro atoms. The Bertz CT molecular complexity index is 1560. The number of hydrogen-bond donors (Lipinski definition) is 2. The molecule has 268 valence electrons. The number of carbonyl (C=O) groups excluding carboxylic acids is 3. The highest BCUT2D eigenvalue weighted by Crippen LogP contribution is 2.80. The van der Waals surface area contributed by atoms with Crippen LogP contribution in [0.25, 0.3) is 0 Å². The third-order valence-electron chi connectivity index (χ3n) is 14.5. The molecule has 2 saturated heterocycles. The molecule has 7 fully saturated rings. The van der Waals surface area contributed by atoms with E-state index in [9.17, 15) is 24.6 Å². The van der Waals surface area contributed by atoms with Crippen molar-refractivity contribution in [3.05, 3.63) is 29.8 Å². The predicted octanol–water partition coefficient (Wildman–Crippen LogP) is 2.04.